The van der Waals surface area contributed by atoms with E-state index >= 15 is 0 Å². The van der Waals surface area contributed by atoms with Crippen molar-refractivity contribution in [3.63, 3.8) is 0 Å². The van der Waals surface area contributed by atoms with Crippen molar-refractivity contribution in [1.82, 2.24) is 14.9 Å². The number of thiophene rings is 1. The predicted molar refractivity (Wildman–Crippen MR) is 117 cm³/mol. The van der Waals surface area contributed by atoms with E-state index in [1.165, 1.54) is 22.2 Å². The molecule has 0 atom stereocenters. The number of piperidine rings is 1. The van der Waals surface area contributed by atoms with Gasteiger partial charge in [-0.3, -0.25) is 4.79 Å². The SMILES string of the molecule is Cc1nc(SCc2cccc(C(=O)N3CCCCC3)c2)c2c(C)c(C)sc2n1. The molecular weight excluding hydrogens is 386 g/mol. The minimum absolute atomic E-state index is 0.163. The molecule has 3 heterocycles. The van der Waals surface area contributed by atoms with Gasteiger partial charge in [-0.15, -0.1) is 23.1 Å². The fourth-order valence-electron chi connectivity index (χ4n) is 3.64. The number of carbonyl (C=O) groups excluding carboxylic acids is 1. The van der Waals surface area contributed by atoms with Crippen LogP contribution < -0.4 is 0 Å². The molecule has 146 valence electrons. The second kappa shape index (κ2) is 8.21. The maximum atomic E-state index is 12.8. The van der Waals surface area contributed by atoms with Gasteiger partial charge in [0.2, 0.25) is 0 Å². The van der Waals surface area contributed by atoms with Crippen molar-refractivity contribution in [2.75, 3.05) is 13.1 Å². The van der Waals surface area contributed by atoms with Gasteiger partial charge in [-0.1, -0.05) is 12.1 Å². The molecule has 0 radical (unpaired) electrons. The highest BCUT2D eigenvalue weighted by molar-refractivity contribution is 7.98. The van der Waals surface area contributed by atoms with Crippen LogP contribution in [0.2, 0.25) is 0 Å². The molecule has 0 saturated carbocycles. The van der Waals surface area contributed by atoms with E-state index in [1.54, 1.807) is 23.1 Å². The minimum Gasteiger partial charge on any atom is -0.339 e. The van der Waals surface area contributed by atoms with Crippen molar-refractivity contribution in [2.45, 2.75) is 50.8 Å². The fraction of sp³-hybridized carbons (Fsp3) is 0.409. The highest BCUT2D eigenvalue weighted by Crippen LogP contribution is 2.36. The third-order valence-electron chi connectivity index (χ3n) is 5.30. The molecule has 4 rings (SSSR count). The van der Waals surface area contributed by atoms with Crippen LogP contribution in [0.25, 0.3) is 10.2 Å². The van der Waals surface area contributed by atoms with Gasteiger partial charge in [0.1, 0.15) is 15.7 Å². The average Bonchev–Trinajstić information content (AvgIpc) is 3.00. The molecule has 1 saturated heterocycles. The number of benzene rings is 1. The van der Waals surface area contributed by atoms with Crippen LogP contribution in [0, 0.1) is 20.8 Å². The minimum atomic E-state index is 0.163. The van der Waals surface area contributed by atoms with E-state index in [0.717, 1.165) is 58.5 Å². The summed E-state index contributed by atoms with van der Waals surface area (Å²) in [5, 5.41) is 2.22. The summed E-state index contributed by atoms with van der Waals surface area (Å²) in [5.41, 5.74) is 3.23. The van der Waals surface area contributed by atoms with E-state index in [1.807, 2.05) is 30.0 Å². The van der Waals surface area contributed by atoms with E-state index in [0.29, 0.717) is 0 Å². The summed E-state index contributed by atoms with van der Waals surface area (Å²) < 4.78 is 0. The van der Waals surface area contributed by atoms with Crippen LogP contribution in [0.4, 0.5) is 0 Å². The van der Waals surface area contributed by atoms with Gasteiger partial charge in [-0.05, 0) is 63.3 Å². The summed E-state index contributed by atoms with van der Waals surface area (Å²) in [7, 11) is 0. The van der Waals surface area contributed by atoms with E-state index in [2.05, 4.69) is 24.9 Å². The zero-order valence-electron chi connectivity index (χ0n) is 16.6. The topological polar surface area (TPSA) is 46.1 Å². The molecule has 2 aromatic heterocycles. The number of aryl methyl sites for hydroxylation is 3. The second-order valence-corrected chi connectivity index (χ2v) is 9.55. The molecule has 4 nitrogen and oxygen atoms in total. The largest absolute Gasteiger partial charge is 0.339 e. The Bertz CT molecular complexity index is 1020. The Morgan fingerprint density at radius 2 is 1.93 bits per heavy atom. The molecule has 1 amide bonds. The van der Waals surface area contributed by atoms with Crippen LogP contribution >= 0.6 is 23.1 Å². The number of fused-ring (bicyclic) bond motifs is 1. The van der Waals surface area contributed by atoms with Crippen LogP contribution in [-0.2, 0) is 5.75 Å². The van der Waals surface area contributed by atoms with Crippen molar-refractivity contribution in [2.24, 2.45) is 0 Å². The molecule has 0 bridgehead atoms. The fourth-order valence-corrected chi connectivity index (χ4v) is 5.86. The number of aromatic nitrogens is 2. The van der Waals surface area contributed by atoms with Gasteiger partial charge < -0.3 is 4.90 Å². The lowest BCUT2D eigenvalue weighted by atomic mass is 10.1. The first-order valence-corrected chi connectivity index (χ1v) is 11.6. The molecule has 6 heteroatoms. The summed E-state index contributed by atoms with van der Waals surface area (Å²) in [6.07, 6.45) is 3.46. The van der Waals surface area contributed by atoms with Gasteiger partial charge in [0.15, 0.2) is 0 Å². The highest BCUT2D eigenvalue weighted by Gasteiger charge is 2.19. The van der Waals surface area contributed by atoms with E-state index in [4.69, 9.17) is 4.98 Å². The Labute approximate surface area is 174 Å². The van der Waals surface area contributed by atoms with E-state index in [-0.39, 0.29) is 5.91 Å². The Balaban J connectivity index is 1.54. The summed E-state index contributed by atoms with van der Waals surface area (Å²) in [5.74, 6) is 1.77. The van der Waals surface area contributed by atoms with Crippen LogP contribution in [-0.4, -0.2) is 33.9 Å². The number of hydrogen-bond acceptors (Lipinski definition) is 5. The van der Waals surface area contributed by atoms with Crippen molar-refractivity contribution < 1.29 is 4.79 Å². The Hall–Kier alpha value is -1.92. The maximum Gasteiger partial charge on any atom is 0.253 e. The Morgan fingerprint density at radius 1 is 1.14 bits per heavy atom. The first kappa shape index (κ1) is 19.4. The number of nitrogens with zero attached hydrogens (tertiary/aromatic N) is 3. The molecule has 28 heavy (non-hydrogen) atoms. The van der Waals surface area contributed by atoms with Gasteiger partial charge in [-0.25, -0.2) is 9.97 Å². The highest BCUT2D eigenvalue weighted by atomic mass is 32.2. The molecule has 0 N–H and O–H groups in total. The number of carbonyl (C=O) groups is 1. The maximum absolute atomic E-state index is 12.8. The van der Waals surface area contributed by atoms with E-state index in [9.17, 15) is 4.79 Å². The molecule has 1 fully saturated rings. The molecule has 0 aliphatic carbocycles. The van der Waals surface area contributed by atoms with Crippen LogP contribution in [0.1, 0.15) is 51.4 Å². The number of rotatable bonds is 4. The zero-order valence-corrected chi connectivity index (χ0v) is 18.3. The molecule has 1 aliphatic rings. The predicted octanol–water partition coefficient (Wildman–Crippen LogP) is 5.53. The smallest absolute Gasteiger partial charge is 0.253 e. The van der Waals surface area contributed by atoms with Gasteiger partial charge in [0.05, 0.1) is 0 Å². The van der Waals surface area contributed by atoms with Crippen LogP contribution in [0.5, 0.6) is 0 Å². The molecule has 1 aromatic carbocycles. The quantitative estimate of drug-likeness (QED) is 0.418. The number of likely N-dealkylation sites (tertiary alicyclic amines) is 1. The summed E-state index contributed by atoms with van der Waals surface area (Å²) in [4.78, 5) is 26.5. The van der Waals surface area contributed by atoms with Gasteiger partial charge >= 0.3 is 0 Å². The van der Waals surface area contributed by atoms with Gasteiger partial charge in [0.25, 0.3) is 5.91 Å². The first-order valence-electron chi connectivity index (χ1n) is 9.78. The van der Waals surface area contributed by atoms with Crippen LogP contribution in [0.3, 0.4) is 0 Å². The Morgan fingerprint density at radius 3 is 2.71 bits per heavy atom. The molecule has 3 aromatic rings. The normalized spacial score (nSPS) is 14.6. The van der Waals surface area contributed by atoms with Gasteiger partial charge in [-0.2, -0.15) is 0 Å². The third kappa shape index (κ3) is 3.94. The van der Waals surface area contributed by atoms with Gasteiger partial charge in [0, 0.05) is 34.7 Å². The second-order valence-electron chi connectivity index (χ2n) is 7.38. The Kier molecular flexibility index (Phi) is 5.69. The lowest BCUT2D eigenvalue weighted by Crippen LogP contribution is -2.35. The molecule has 0 spiro atoms. The average molecular weight is 412 g/mol. The lowest BCUT2D eigenvalue weighted by Gasteiger charge is -2.26. The summed E-state index contributed by atoms with van der Waals surface area (Å²) in [6, 6.07) is 8.07. The van der Waals surface area contributed by atoms with Crippen molar-refractivity contribution in [3.8, 4) is 0 Å². The lowest BCUT2D eigenvalue weighted by molar-refractivity contribution is 0.0724. The standard InChI is InChI=1S/C22H25N3OS2/c1-14-15(2)28-21-19(14)20(23-16(3)24-21)27-13-17-8-7-9-18(12-17)22(26)25-10-5-4-6-11-25/h7-9,12H,4-6,10-11,13H2,1-3H3. The van der Waals surface area contributed by atoms with Crippen molar-refractivity contribution >= 4 is 39.2 Å². The molecule has 0 unspecified atom stereocenters. The monoisotopic (exact) mass is 411 g/mol. The summed E-state index contributed by atoms with van der Waals surface area (Å²) >= 11 is 3.47. The first-order chi connectivity index (χ1) is 13.5. The van der Waals surface area contributed by atoms with Crippen molar-refractivity contribution in [3.05, 3.63) is 51.7 Å². The zero-order chi connectivity index (χ0) is 19.7. The third-order valence-corrected chi connectivity index (χ3v) is 7.45. The molecule has 1 aliphatic heterocycles. The van der Waals surface area contributed by atoms with E-state index < -0.39 is 0 Å². The van der Waals surface area contributed by atoms with Crippen molar-refractivity contribution in [1.29, 1.82) is 0 Å². The summed E-state index contributed by atoms with van der Waals surface area (Å²) in [6.45, 7) is 8.00. The number of hydrogen-bond donors (Lipinski definition) is 0. The van der Waals surface area contributed by atoms with Crippen LogP contribution in [0.15, 0.2) is 29.3 Å². The number of amides is 1. The number of thioether (sulfide) groups is 1. The molecular formula is C22H25N3OS2.